The van der Waals surface area contributed by atoms with Crippen LogP contribution >= 0.6 is 0 Å². The monoisotopic (exact) mass is 160 g/mol. The first-order valence-corrected chi connectivity index (χ1v) is 4.47. The molecular formula is C12H16. The summed E-state index contributed by atoms with van der Waals surface area (Å²) in [6, 6.07) is 10.6. The van der Waals surface area contributed by atoms with Crippen molar-refractivity contribution in [2.24, 2.45) is 5.92 Å². The van der Waals surface area contributed by atoms with Crippen LogP contribution in [0.4, 0.5) is 0 Å². The number of allylic oxidation sites excluding steroid dienone is 1. The van der Waals surface area contributed by atoms with E-state index in [4.69, 9.17) is 0 Å². The standard InChI is InChI=1S/C12H16/c1-3-7-11(2)10-12-8-5-4-6-9-12/h3-6,8-9,11H,1,7,10H2,2H3/t11-/m0/s1. The first-order valence-electron chi connectivity index (χ1n) is 4.47. The van der Waals surface area contributed by atoms with E-state index >= 15 is 0 Å². The van der Waals surface area contributed by atoms with Gasteiger partial charge in [-0.3, -0.25) is 0 Å². The molecule has 0 aliphatic carbocycles. The molecule has 0 saturated carbocycles. The summed E-state index contributed by atoms with van der Waals surface area (Å²) < 4.78 is 0. The van der Waals surface area contributed by atoms with Crippen LogP contribution in [0.1, 0.15) is 18.9 Å². The first kappa shape index (κ1) is 9.05. The third-order valence-electron chi connectivity index (χ3n) is 2.00. The highest BCUT2D eigenvalue weighted by Gasteiger charge is 1.99. The Bertz CT molecular complexity index is 223. The zero-order valence-corrected chi connectivity index (χ0v) is 7.66. The third-order valence-corrected chi connectivity index (χ3v) is 2.00. The molecule has 0 heteroatoms. The van der Waals surface area contributed by atoms with Crippen molar-refractivity contribution in [1.82, 2.24) is 0 Å². The van der Waals surface area contributed by atoms with Gasteiger partial charge >= 0.3 is 0 Å². The van der Waals surface area contributed by atoms with E-state index in [2.05, 4.69) is 43.8 Å². The molecule has 12 heavy (non-hydrogen) atoms. The van der Waals surface area contributed by atoms with Crippen molar-refractivity contribution in [2.45, 2.75) is 19.8 Å². The Hall–Kier alpha value is -1.04. The lowest BCUT2D eigenvalue weighted by Gasteiger charge is -2.07. The van der Waals surface area contributed by atoms with E-state index in [0.29, 0.717) is 5.92 Å². The maximum atomic E-state index is 3.74. The Morgan fingerprint density at radius 2 is 2.00 bits per heavy atom. The van der Waals surface area contributed by atoms with Gasteiger partial charge in [0.1, 0.15) is 0 Å². The van der Waals surface area contributed by atoms with Crippen molar-refractivity contribution in [3.63, 3.8) is 0 Å². The van der Waals surface area contributed by atoms with Gasteiger partial charge < -0.3 is 0 Å². The minimum absolute atomic E-state index is 0.713. The molecular weight excluding hydrogens is 144 g/mol. The Labute approximate surface area is 74.9 Å². The Kier molecular flexibility index (Phi) is 3.59. The van der Waals surface area contributed by atoms with Crippen LogP contribution in [-0.2, 0) is 6.42 Å². The van der Waals surface area contributed by atoms with E-state index in [0.717, 1.165) is 12.8 Å². The topological polar surface area (TPSA) is 0 Å². The normalized spacial score (nSPS) is 12.4. The summed E-state index contributed by atoms with van der Waals surface area (Å²) in [4.78, 5) is 0. The molecule has 0 aliphatic rings. The second kappa shape index (κ2) is 4.76. The summed E-state index contributed by atoms with van der Waals surface area (Å²) in [5.41, 5.74) is 1.42. The fraction of sp³-hybridized carbons (Fsp3) is 0.333. The molecule has 1 rings (SSSR count). The molecule has 0 bridgehead atoms. The van der Waals surface area contributed by atoms with Crippen LogP contribution in [0, 0.1) is 5.92 Å². The van der Waals surface area contributed by atoms with Crippen LogP contribution in [0.2, 0.25) is 0 Å². The molecule has 0 radical (unpaired) electrons. The quantitative estimate of drug-likeness (QED) is 0.592. The zero-order valence-electron chi connectivity index (χ0n) is 7.66. The molecule has 0 N–H and O–H groups in total. The molecule has 0 saturated heterocycles. The average Bonchev–Trinajstić information content (AvgIpc) is 2.06. The van der Waals surface area contributed by atoms with E-state index in [1.165, 1.54) is 5.56 Å². The van der Waals surface area contributed by atoms with Gasteiger partial charge in [0.15, 0.2) is 0 Å². The fourth-order valence-corrected chi connectivity index (χ4v) is 1.38. The van der Waals surface area contributed by atoms with Gasteiger partial charge in [0, 0.05) is 0 Å². The highest BCUT2D eigenvalue weighted by atomic mass is 14.0. The van der Waals surface area contributed by atoms with Gasteiger partial charge in [-0.1, -0.05) is 43.3 Å². The van der Waals surface area contributed by atoms with E-state index in [1.54, 1.807) is 0 Å². The SMILES string of the molecule is C=CC[C@H](C)Cc1ccccc1. The maximum absolute atomic E-state index is 3.74. The number of rotatable bonds is 4. The van der Waals surface area contributed by atoms with Gasteiger partial charge in [-0.25, -0.2) is 0 Å². The van der Waals surface area contributed by atoms with Gasteiger partial charge in [0.2, 0.25) is 0 Å². The van der Waals surface area contributed by atoms with Crippen LogP contribution in [0.15, 0.2) is 43.0 Å². The molecule has 0 heterocycles. The Morgan fingerprint density at radius 1 is 1.33 bits per heavy atom. The van der Waals surface area contributed by atoms with Crippen molar-refractivity contribution < 1.29 is 0 Å². The molecule has 1 aromatic rings. The van der Waals surface area contributed by atoms with Gasteiger partial charge in [-0.05, 0) is 24.3 Å². The molecule has 64 valence electrons. The predicted molar refractivity (Wildman–Crippen MR) is 54.1 cm³/mol. The van der Waals surface area contributed by atoms with Crippen molar-refractivity contribution in [2.75, 3.05) is 0 Å². The van der Waals surface area contributed by atoms with Crippen molar-refractivity contribution in [3.8, 4) is 0 Å². The fourth-order valence-electron chi connectivity index (χ4n) is 1.38. The van der Waals surface area contributed by atoms with E-state index in [-0.39, 0.29) is 0 Å². The molecule has 0 nitrogen and oxygen atoms in total. The van der Waals surface area contributed by atoms with Gasteiger partial charge in [-0.15, -0.1) is 6.58 Å². The lowest BCUT2D eigenvalue weighted by molar-refractivity contribution is 0.590. The molecule has 1 atom stereocenters. The Morgan fingerprint density at radius 3 is 2.58 bits per heavy atom. The van der Waals surface area contributed by atoms with Crippen molar-refractivity contribution in [3.05, 3.63) is 48.6 Å². The highest BCUT2D eigenvalue weighted by Crippen LogP contribution is 2.11. The molecule has 1 aromatic carbocycles. The van der Waals surface area contributed by atoms with E-state index < -0.39 is 0 Å². The maximum Gasteiger partial charge on any atom is -0.0250 e. The third kappa shape index (κ3) is 2.91. The summed E-state index contributed by atoms with van der Waals surface area (Å²) in [6.07, 6.45) is 4.26. The summed E-state index contributed by atoms with van der Waals surface area (Å²) in [6.45, 7) is 6.00. The number of benzene rings is 1. The second-order valence-electron chi connectivity index (χ2n) is 3.32. The lowest BCUT2D eigenvalue weighted by Crippen LogP contribution is -1.97. The van der Waals surface area contributed by atoms with Crippen LogP contribution in [-0.4, -0.2) is 0 Å². The van der Waals surface area contributed by atoms with Gasteiger partial charge in [0.25, 0.3) is 0 Å². The highest BCUT2D eigenvalue weighted by molar-refractivity contribution is 5.15. The molecule has 0 spiro atoms. The summed E-state index contributed by atoms with van der Waals surface area (Å²) >= 11 is 0. The Balaban J connectivity index is 2.46. The first-order chi connectivity index (χ1) is 5.83. The van der Waals surface area contributed by atoms with Crippen LogP contribution in [0.25, 0.3) is 0 Å². The molecule has 0 unspecified atom stereocenters. The van der Waals surface area contributed by atoms with Gasteiger partial charge in [-0.2, -0.15) is 0 Å². The smallest absolute Gasteiger partial charge is 0.0250 e. The average molecular weight is 160 g/mol. The number of hydrogen-bond acceptors (Lipinski definition) is 0. The lowest BCUT2D eigenvalue weighted by atomic mass is 9.98. The second-order valence-corrected chi connectivity index (χ2v) is 3.32. The summed E-state index contributed by atoms with van der Waals surface area (Å²) in [5, 5.41) is 0. The van der Waals surface area contributed by atoms with Gasteiger partial charge in [0.05, 0.1) is 0 Å². The molecule has 0 aromatic heterocycles. The summed E-state index contributed by atoms with van der Waals surface area (Å²) in [7, 11) is 0. The largest absolute Gasteiger partial charge is 0.103 e. The van der Waals surface area contributed by atoms with Crippen molar-refractivity contribution in [1.29, 1.82) is 0 Å². The van der Waals surface area contributed by atoms with Crippen LogP contribution in [0.3, 0.4) is 0 Å². The molecule has 0 aliphatic heterocycles. The molecule has 0 amide bonds. The molecule has 0 fully saturated rings. The zero-order chi connectivity index (χ0) is 8.81. The van der Waals surface area contributed by atoms with E-state index in [1.807, 2.05) is 6.08 Å². The predicted octanol–water partition coefficient (Wildman–Crippen LogP) is 3.44. The van der Waals surface area contributed by atoms with E-state index in [9.17, 15) is 0 Å². The minimum atomic E-state index is 0.713. The minimum Gasteiger partial charge on any atom is -0.103 e. The summed E-state index contributed by atoms with van der Waals surface area (Å²) in [5.74, 6) is 0.713. The van der Waals surface area contributed by atoms with Crippen LogP contribution in [0.5, 0.6) is 0 Å². The van der Waals surface area contributed by atoms with Crippen molar-refractivity contribution >= 4 is 0 Å². The van der Waals surface area contributed by atoms with Crippen LogP contribution < -0.4 is 0 Å². The number of hydrogen-bond donors (Lipinski definition) is 0.